The molecule has 4 rings (SSSR count). The molecule has 126 valence electrons. The monoisotopic (exact) mass is 356 g/mol. The van der Waals surface area contributed by atoms with Crippen LogP contribution in [0.2, 0.25) is 0 Å². The lowest BCUT2D eigenvalue weighted by Crippen LogP contribution is -2.34. The number of anilines is 1. The van der Waals surface area contributed by atoms with Crippen LogP contribution in [0.25, 0.3) is 0 Å². The van der Waals surface area contributed by atoms with Crippen molar-refractivity contribution in [1.29, 1.82) is 0 Å². The Morgan fingerprint density at radius 3 is 2.60 bits per heavy atom. The first-order chi connectivity index (χ1) is 12.1. The lowest BCUT2D eigenvalue weighted by atomic mass is 9.96. The molecule has 2 aliphatic rings. The van der Waals surface area contributed by atoms with Crippen molar-refractivity contribution in [2.24, 2.45) is 11.1 Å². The second kappa shape index (κ2) is 5.82. The van der Waals surface area contributed by atoms with Gasteiger partial charge in [-0.05, 0) is 35.7 Å². The van der Waals surface area contributed by atoms with Crippen molar-refractivity contribution in [2.75, 3.05) is 12.0 Å². The molecular formula is C17H12N2O5S. The number of nitrogens with zero attached hydrogens (tertiary/aromatic N) is 2. The van der Waals surface area contributed by atoms with Gasteiger partial charge in [0.15, 0.2) is 0 Å². The maximum atomic E-state index is 12.8. The summed E-state index contributed by atoms with van der Waals surface area (Å²) >= 11 is 1.25. The van der Waals surface area contributed by atoms with Gasteiger partial charge in [0.25, 0.3) is 5.91 Å². The standard InChI is InChI=1S/C17H12N2O5S/c1-23-10-6-4-9(5-7-10)19-16(21)12-13(18-24-15(12)17(19)22)14(20)11-3-2-8-25-11/h2-8,12,15H,1H3/t12-,15-/m0/s1. The van der Waals surface area contributed by atoms with Crippen LogP contribution in [0.15, 0.2) is 46.9 Å². The molecule has 0 aliphatic carbocycles. The molecule has 1 saturated heterocycles. The molecule has 2 aromatic rings. The molecule has 0 spiro atoms. The maximum Gasteiger partial charge on any atom is 0.278 e. The van der Waals surface area contributed by atoms with E-state index in [-0.39, 0.29) is 11.5 Å². The summed E-state index contributed by atoms with van der Waals surface area (Å²) in [5, 5.41) is 5.47. The molecule has 7 nitrogen and oxygen atoms in total. The number of Topliss-reactive ketones (excluding diaryl/α,β-unsaturated/α-hetero) is 1. The highest BCUT2D eigenvalue weighted by Gasteiger charge is 2.57. The van der Waals surface area contributed by atoms with Crippen LogP contribution < -0.4 is 9.64 Å². The minimum atomic E-state index is -1.09. The van der Waals surface area contributed by atoms with Gasteiger partial charge in [-0.1, -0.05) is 11.2 Å². The third-order valence-corrected chi connectivity index (χ3v) is 4.99. The molecule has 2 atom stereocenters. The molecule has 1 aromatic carbocycles. The lowest BCUT2D eigenvalue weighted by molar-refractivity contribution is -0.126. The number of ketones is 1. The molecule has 2 amide bonds. The summed E-state index contributed by atoms with van der Waals surface area (Å²) < 4.78 is 5.07. The maximum absolute atomic E-state index is 12.8. The minimum absolute atomic E-state index is 0.0261. The first kappa shape index (κ1) is 15.5. The van der Waals surface area contributed by atoms with Gasteiger partial charge < -0.3 is 9.57 Å². The average molecular weight is 356 g/mol. The second-order valence-corrected chi connectivity index (χ2v) is 6.44. The Morgan fingerprint density at radius 2 is 1.96 bits per heavy atom. The number of carbonyl (C=O) groups is 3. The van der Waals surface area contributed by atoms with Crippen LogP contribution in [0.5, 0.6) is 5.75 Å². The fourth-order valence-corrected chi connectivity index (χ4v) is 3.56. The van der Waals surface area contributed by atoms with Crippen LogP contribution >= 0.6 is 11.3 Å². The van der Waals surface area contributed by atoms with Gasteiger partial charge in [-0.3, -0.25) is 14.4 Å². The summed E-state index contributed by atoms with van der Waals surface area (Å²) in [6.45, 7) is 0. The number of amides is 2. The summed E-state index contributed by atoms with van der Waals surface area (Å²) in [4.78, 5) is 44.5. The Morgan fingerprint density at radius 1 is 1.20 bits per heavy atom. The number of fused-ring (bicyclic) bond motifs is 1. The van der Waals surface area contributed by atoms with E-state index in [2.05, 4.69) is 5.16 Å². The van der Waals surface area contributed by atoms with Crippen LogP contribution in [0.1, 0.15) is 9.67 Å². The molecule has 0 unspecified atom stereocenters. The Bertz CT molecular complexity index is 888. The molecule has 1 fully saturated rings. The van der Waals surface area contributed by atoms with Gasteiger partial charge in [0.1, 0.15) is 17.4 Å². The second-order valence-electron chi connectivity index (χ2n) is 5.50. The highest BCUT2D eigenvalue weighted by molar-refractivity contribution is 7.13. The molecule has 0 N–H and O–H groups in total. The van der Waals surface area contributed by atoms with Crippen molar-refractivity contribution in [3.05, 3.63) is 46.7 Å². The number of carbonyl (C=O) groups excluding carboxylic acids is 3. The van der Waals surface area contributed by atoms with Crippen molar-refractivity contribution >= 4 is 40.3 Å². The zero-order chi connectivity index (χ0) is 17.6. The van der Waals surface area contributed by atoms with Gasteiger partial charge in [-0.25, -0.2) is 4.90 Å². The Hall–Kier alpha value is -3.00. The summed E-state index contributed by atoms with van der Waals surface area (Å²) in [6.07, 6.45) is -1.09. The number of methoxy groups -OCH3 is 1. The van der Waals surface area contributed by atoms with E-state index in [1.807, 2.05) is 0 Å². The Kier molecular flexibility index (Phi) is 3.61. The third-order valence-electron chi connectivity index (χ3n) is 4.12. The number of ether oxygens (including phenoxy) is 1. The van der Waals surface area contributed by atoms with E-state index in [1.165, 1.54) is 18.4 Å². The van der Waals surface area contributed by atoms with Crippen molar-refractivity contribution in [3.8, 4) is 5.75 Å². The molecule has 25 heavy (non-hydrogen) atoms. The first-order valence-corrected chi connectivity index (χ1v) is 8.33. The number of benzene rings is 1. The number of hydrogen-bond acceptors (Lipinski definition) is 7. The summed E-state index contributed by atoms with van der Waals surface area (Å²) in [7, 11) is 1.53. The topological polar surface area (TPSA) is 85.3 Å². The van der Waals surface area contributed by atoms with Crippen molar-refractivity contribution in [3.63, 3.8) is 0 Å². The van der Waals surface area contributed by atoms with E-state index in [0.29, 0.717) is 16.3 Å². The number of hydrogen-bond donors (Lipinski definition) is 0. The normalized spacial score (nSPS) is 21.8. The quantitative estimate of drug-likeness (QED) is 0.617. The largest absolute Gasteiger partial charge is 0.497 e. The van der Waals surface area contributed by atoms with E-state index >= 15 is 0 Å². The number of oxime groups is 1. The predicted octanol–water partition coefficient (Wildman–Crippen LogP) is 1.88. The van der Waals surface area contributed by atoms with Crippen LogP contribution in [0, 0.1) is 5.92 Å². The fourth-order valence-electron chi connectivity index (χ4n) is 2.89. The van der Waals surface area contributed by atoms with Gasteiger partial charge in [-0.2, -0.15) is 0 Å². The predicted molar refractivity (Wildman–Crippen MR) is 89.9 cm³/mol. The molecule has 0 bridgehead atoms. The third kappa shape index (κ3) is 2.33. The van der Waals surface area contributed by atoms with Crippen molar-refractivity contribution in [2.45, 2.75) is 6.10 Å². The molecule has 8 heteroatoms. The van der Waals surface area contributed by atoms with Crippen molar-refractivity contribution < 1.29 is 24.0 Å². The molecule has 0 radical (unpaired) electrons. The van der Waals surface area contributed by atoms with Gasteiger partial charge in [0.2, 0.25) is 17.8 Å². The SMILES string of the molecule is COc1ccc(N2C(=O)[C@H]3C(C(=O)c4cccs4)=NO[C@@H]3C2=O)cc1. The van der Waals surface area contributed by atoms with E-state index in [1.54, 1.807) is 41.8 Å². The van der Waals surface area contributed by atoms with Crippen LogP contribution in [-0.4, -0.2) is 36.5 Å². The van der Waals surface area contributed by atoms with Gasteiger partial charge >= 0.3 is 0 Å². The van der Waals surface area contributed by atoms with E-state index in [4.69, 9.17) is 9.57 Å². The average Bonchev–Trinajstić information content (AvgIpc) is 3.35. The van der Waals surface area contributed by atoms with Gasteiger partial charge in [0, 0.05) is 0 Å². The molecule has 2 aliphatic heterocycles. The van der Waals surface area contributed by atoms with E-state index in [0.717, 1.165) is 4.90 Å². The summed E-state index contributed by atoms with van der Waals surface area (Å²) in [6, 6.07) is 9.89. The molecule has 1 aromatic heterocycles. The van der Waals surface area contributed by atoms with Gasteiger partial charge in [0.05, 0.1) is 17.7 Å². The van der Waals surface area contributed by atoms with Crippen LogP contribution in [0.3, 0.4) is 0 Å². The molecular weight excluding hydrogens is 344 g/mol. The highest BCUT2D eigenvalue weighted by Crippen LogP contribution is 2.35. The Labute approximate surface area is 146 Å². The zero-order valence-corrected chi connectivity index (χ0v) is 13.9. The zero-order valence-electron chi connectivity index (χ0n) is 13.0. The summed E-state index contributed by atoms with van der Waals surface area (Å²) in [5.74, 6) is -1.84. The molecule has 3 heterocycles. The highest BCUT2D eigenvalue weighted by atomic mass is 32.1. The smallest absolute Gasteiger partial charge is 0.278 e. The van der Waals surface area contributed by atoms with E-state index in [9.17, 15) is 14.4 Å². The Balaban J connectivity index is 1.65. The fraction of sp³-hybridized carbons (Fsp3) is 0.176. The number of imide groups is 1. The lowest BCUT2D eigenvalue weighted by Gasteiger charge is -2.15. The number of thiophene rings is 1. The van der Waals surface area contributed by atoms with Crippen LogP contribution in [0.4, 0.5) is 5.69 Å². The number of rotatable bonds is 4. The van der Waals surface area contributed by atoms with Crippen LogP contribution in [-0.2, 0) is 14.4 Å². The van der Waals surface area contributed by atoms with Gasteiger partial charge in [-0.15, -0.1) is 11.3 Å². The summed E-state index contributed by atoms with van der Waals surface area (Å²) in [5.41, 5.74) is 0.374. The molecule has 0 saturated carbocycles. The first-order valence-electron chi connectivity index (χ1n) is 7.45. The van der Waals surface area contributed by atoms with Crippen molar-refractivity contribution in [1.82, 2.24) is 0 Å². The minimum Gasteiger partial charge on any atom is -0.497 e. The van der Waals surface area contributed by atoms with E-state index < -0.39 is 23.8 Å².